The Kier molecular flexibility index (Phi) is 6.54. The van der Waals surface area contributed by atoms with Gasteiger partial charge in [0.25, 0.3) is 0 Å². The lowest BCUT2D eigenvalue weighted by molar-refractivity contribution is 0.0315. The molecular formula is C13H18ClNO3. The van der Waals surface area contributed by atoms with E-state index >= 15 is 0 Å². The number of carbonyl (C=O) groups is 1. The molecule has 0 aromatic heterocycles. The molecule has 0 amide bonds. The van der Waals surface area contributed by atoms with E-state index in [0.29, 0.717) is 18.2 Å². The molecule has 5 heteroatoms. The third-order valence-electron chi connectivity index (χ3n) is 2.38. The van der Waals surface area contributed by atoms with Crippen LogP contribution in [0.1, 0.15) is 30.1 Å². The van der Waals surface area contributed by atoms with Crippen molar-refractivity contribution in [1.82, 2.24) is 0 Å². The van der Waals surface area contributed by atoms with E-state index < -0.39 is 5.97 Å². The molecule has 1 aromatic rings. The maximum absolute atomic E-state index is 11.7. The van der Waals surface area contributed by atoms with Gasteiger partial charge in [0.05, 0.1) is 22.9 Å². The summed E-state index contributed by atoms with van der Waals surface area (Å²) in [4.78, 5) is 11.7. The van der Waals surface area contributed by atoms with Gasteiger partial charge in [0.2, 0.25) is 0 Å². The fourth-order valence-corrected chi connectivity index (χ4v) is 1.51. The third-order valence-corrected chi connectivity index (χ3v) is 2.71. The van der Waals surface area contributed by atoms with Crippen LogP contribution < -0.4 is 5.73 Å². The Bertz CT molecular complexity index is 396. The van der Waals surface area contributed by atoms with E-state index in [1.54, 1.807) is 18.2 Å². The van der Waals surface area contributed by atoms with Crippen molar-refractivity contribution < 1.29 is 14.3 Å². The molecule has 2 N–H and O–H groups in total. The summed E-state index contributed by atoms with van der Waals surface area (Å²) in [5.41, 5.74) is 6.22. The van der Waals surface area contributed by atoms with Crippen molar-refractivity contribution in [2.24, 2.45) is 0 Å². The number of unbranched alkanes of at least 4 members (excludes halogenated alkanes) is 1. The number of nitrogen functional groups attached to an aromatic ring is 1. The molecular weight excluding hydrogens is 254 g/mol. The number of rotatable bonds is 7. The van der Waals surface area contributed by atoms with E-state index in [0.717, 1.165) is 12.8 Å². The van der Waals surface area contributed by atoms with Crippen LogP contribution in [0.5, 0.6) is 0 Å². The van der Waals surface area contributed by atoms with E-state index in [2.05, 4.69) is 6.92 Å². The number of hydrogen-bond donors (Lipinski definition) is 1. The first-order chi connectivity index (χ1) is 8.66. The predicted molar refractivity (Wildman–Crippen MR) is 71.9 cm³/mol. The topological polar surface area (TPSA) is 61.5 Å². The molecule has 0 fully saturated rings. The summed E-state index contributed by atoms with van der Waals surface area (Å²) in [5.74, 6) is -0.478. The molecule has 100 valence electrons. The second-order valence-corrected chi connectivity index (χ2v) is 4.21. The molecule has 18 heavy (non-hydrogen) atoms. The number of ether oxygens (including phenoxy) is 2. The van der Waals surface area contributed by atoms with Crippen molar-refractivity contribution in [1.29, 1.82) is 0 Å². The van der Waals surface area contributed by atoms with E-state index in [4.69, 9.17) is 26.8 Å². The van der Waals surface area contributed by atoms with Gasteiger partial charge in [0.1, 0.15) is 6.61 Å². The molecule has 0 unspecified atom stereocenters. The average molecular weight is 272 g/mol. The summed E-state index contributed by atoms with van der Waals surface area (Å²) >= 11 is 5.82. The van der Waals surface area contributed by atoms with Gasteiger partial charge in [-0.2, -0.15) is 0 Å². The van der Waals surface area contributed by atoms with E-state index in [1.807, 2.05) is 0 Å². The molecule has 0 bridgehead atoms. The minimum absolute atomic E-state index is 0.217. The SMILES string of the molecule is CCCCOCCOC(=O)c1cccc(Cl)c1N. The number of esters is 1. The number of halogens is 1. The zero-order valence-electron chi connectivity index (χ0n) is 10.4. The summed E-state index contributed by atoms with van der Waals surface area (Å²) in [6, 6.07) is 4.87. The molecule has 0 saturated carbocycles. The Morgan fingerprint density at radius 3 is 2.83 bits per heavy atom. The average Bonchev–Trinajstić information content (AvgIpc) is 2.36. The Morgan fingerprint density at radius 2 is 2.11 bits per heavy atom. The van der Waals surface area contributed by atoms with Crippen molar-refractivity contribution in [3.05, 3.63) is 28.8 Å². The highest BCUT2D eigenvalue weighted by molar-refractivity contribution is 6.33. The lowest BCUT2D eigenvalue weighted by Crippen LogP contribution is -2.13. The number of carbonyl (C=O) groups excluding carboxylic acids is 1. The fraction of sp³-hybridized carbons (Fsp3) is 0.462. The van der Waals surface area contributed by atoms with E-state index in [1.165, 1.54) is 0 Å². The standard InChI is InChI=1S/C13H18ClNO3/c1-2-3-7-17-8-9-18-13(16)10-5-4-6-11(14)12(10)15/h4-6H,2-3,7-9,15H2,1H3. The molecule has 1 aromatic carbocycles. The molecule has 0 atom stereocenters. The van der Waals surface area contributed by atoms with Gasteiger partial charge in [-0.25, -0.2) is 4.79 Å². The van der Waals surface area contributed by atoms with Gasteiger partial charge in [-0.3, -0.25) is 0 Å². The van der Waals surface area contributed by atoms with E-state index in [-0.39, 0.29) is 17.9 Å². The number of anilines is 1. The Morgan fingerprint density at radius 1 is 1.33 bits per heavy atom. The summed E-state index contributed by atoms with van der Waals surface area (Å²) in [5, 5.41) is 0.351. The summed E-state index contributed by atoms with van der Waals surface area (Å²) < 4.78 is 10.3. The normalized spacial score (nSPS) is 10.3. The van der Waals surface area contributed by atoms with Gasteiger partial charge in [0.15, 0.2) is 0 Å². The molecule has 0 heterocycles. The highest BCUT2D eigenvalue weighted by atomic mass is 35.5. The minimum Gasteiger partial charge on any atom is -0.460 e. The zero-order chi connectivity index (χ0) is 13.4. The van der Waals surface area contributed by atoms with Gasteiger partial charge in [-0.1, -0.05) is 31.0 Å². The Labute approximate surface area is 112 Å². The smallest absolute Gasteiger partial charge is 0.340 e. The van der Waals surface area contributed by atoms with Gasteiger partial charge in [-0.15, -0.1) is 0 Å². The molecule has 0 radical (unpaired) electrons. The van der Waals surface area contributed by atoms with Crippen molar-refractivity contribution in [2.75, 3.05) is 25.6 Å². The van der Waals surface area contributed by atoms with Gasteiger partial charge in [-0.05, 0) is 18.6 Å². The van der Waals surface area contributed by atoms with Gasteiger partial charge in [0, 0.05) is 6.61 Å². The zero-order valence-corrected chi connectivity index (χ0v) is 11.2. The summed E-state index contributed by atoms with van der Waals surface area (Å²) in [6.07, 6.45) is 2.09. The first-order valence-corrected chi connectivity index (χ1v) is 6.33. The number of benzene rings is 1. The van der Waals surface area contributed by atoms with Crippen molar-refractivity contribution >= 4 is 23.3 Å². The Hall–Kier alpha value is -1.26. The van der Waals surface area contributed by atoms with Crippen molar-refractivity contribution in [2.45, 2.75) is 19.8 Å². The molecule has 0 aliphatic heterocycles. The molecule has 0 saturated heterocycles. The highest BCUT2D eigenvalue weighted by Gasteiger charge is 2.12. The number of nitrogens with two attached hydrogens (primary N) is 1. The van der Waals surface area contributed by atoms with Crippen LogP contribution in [0, 0.1) is 0 Å². The van der Waals surface area contributed by atoms with Crippen LogP contribution in [0.2, 0.25) is 5.02 Å². The first kappa shape index (κ1) is 14.8. The fourth-order valence-electron chi connectivity index (χ4n) is 1.33. The summed E-state index contributed by atoms with van der Waals surface area (Å²) in [6.45, 7) is 3.39. The molecule has 0 spiro atoms. The quantitative estimate of drug-likeness (QED) is 0.471. The van der Waals surface area contributed by atoms with Gasteiger partial charge < -0.3 is 15.2 Å². The van der Waals surface area contributed by atoms with Crippen LogP contribution >= 0.6 is 11.6 Å². The van der Waals surface area contributed by atoms with E-state index in [9.17, 15) is 4.79 Å². The van der Waals surface area contributed by atoms with Crippen LogP contribution in [0.15, 0.2) is 18.2 Å². The number of para-hydroxylation sites is 1. The van der Waals surface area contributed by atoms with Crippen LogP contribution in [-0.4, -0.2) is 25.8 Å². The Balaban J connectivity index is 2.35. The maximum atomic E-state index is 11.7. The molecule has 0 aliphatic carbocycles. The van der Waals surface area contributed by atoms with Crippen LogP contribution in [0.4, 0.5) is 5.69 Å². The lowest BCUT2D eigenvalue weighted by atomic mass is 10.2. The lowest BCUT2D eigenvalue weighted by Gasteiger charge is -2.08. The predicted octanol–water partition coefficient (Wildman–Crippen LogP) is 2.90. The van der Waals surface area contributed by atoms with Crippen LogP contribution in [-0.2, 0) is 9.47 Å². The molecule has 0 aliphatic rings. The monoisotopic (exact) mass is 271 g/mol. The molecule has 1 rings (SSSR count). The summed E-state index contributed by atoms with van der Waals surface area (Å²) in [7, 11) is 0. The second-order valence-electron chi connectivity index (χ2n) is 3.80. The largest absolute Gasteiger partial charge is 0.460 e. The van der Waals surface area contributed by atoms with Crippen LogP contribution in [0.3, 0.4) is 0 Å². The van der Waals surface area contributed by atoms with Crippen LogP contribution in [0.25, 0.3) is 0 Å². The highest BCUT2D eigenvalue weighted by Crippen LogP contribution is 2.22. The minimum atomic E-state index is -0.478. The van der Waals surface area contributed by atoms with Gasteiger partial charge >= 0.3 is 5.97 Å². The van der Waals surface area contributed by atoms with Crippen molar-refractivity contribution in [3.8, 4) is 0 Å². The first-order valence-electron chi connectivity index (χ1n) is 5.95. The maximum Gasteiger partial charge on any atom is 0.340 e. The number of hydrogen-bond acceptors (Lipinski definition) is 4. The molecule has 4 nitrogen and oxygen atoms in total. The third kappa shape index (κ3) is 4.55. The second kappa shape index (κ2) is 7.95. The van der Waals surface area contributed by atoms with Crippen molar-refractivity contribution in [3.63, 3.8) is 0 Å².